The molecular weight excluding hydrogens is 721 g/mol. The predicted molar refractivity (Wildman–Crippen MR) is 245 cm³/mol. The maximum Gasteiger partial charge on any atom is 0.146 e. The first-order valence-corrected chi connectivity index (χ1v) is 20.3. The molecule has 280 valence electrons. The summed E-state index contributed by atoms with van der Waals surface area (Å²) in [7, 11) is 0. The molecule has 5 heteroatoms. The van der Waals surface area contributed by atoms with Crippen LogP contribution in [0.5, 0.6) is 11.5 Å². The molecule has 0 aliphatic heterocycles. The van der Waals surface area contributed by atoms with Crippen LogP contribution in [0, 0.1) is 27.7 Å². The average Bonchev–Trinajstić information content (AvgIpc) is 3.84. The Morgan fingerprint density at radius 2 is 0.881 bits per heavy atom. The Balaban J connectivity index is 1.14. The minimum atomic E-state index is 0.745. The fourth-order valence-electron chi connectivity index (χ4n) is 9.90. The van der Waals surface area contributed by atoms with Crippen LogP contribution in [0.1, 0.15) is 22.3 Å². The van der Waals surface area contributed by atoms with Crippen LogP contribution < -0.4 is 4.74 Å². The number of para-hydroxylation sites is 5. The normalized spacial score (nSPS) is 12.1. The van der Waals surface area contributed by atoms with E-state index in [4.69, 9.17) is 14.7 Å². The van der Waals surface area contributed by atoms with Gasteiger partial charge in [0.2, 0.25) is 0 Å². The minimum Gasteiger partial charge on any atom is -0.457 e. The summed E-state index contributed by atoms with van der Waals surface area (Å²) in [6, 6.07) is 56.2. The van der Waals surface area contributed by atoms with E-state index in [1.807, 2.05) is 6.07 Å². The molecule has 0 spiro atoms. The van der Waals surface area contributed by atoms with Gasteiger partial charge in [-0.15, -0.1) is 0 Å². The number of imidazole rings is 2. The van der Waals surface area contributed by atoms with Crippen molar-refractivity contribution < 1.29 is 4.74 Å². The quantitative estimate of drug-likeness (QED) is 0.168. The summed E-state index contributed by atoms with van der Waals surface area (Å²) in [6.45, 7) is 8.93. The van der Waals surface area contributed by atoms with Gasteiger partial charge < -0.3 is 4.74 Å². The summed E-state index contributed by atoms with van der Waals surface area (Å²) in [5.74, 6) is 1.50. The molecule has 0 bridgehead atoms. The highest BCUT2D eigenvalue weighted by atomic mass is 16.5. The molecule has 8 aromatic carbocycles. The van der Waals surface area contributed by atoms with Crippen molar-refractivity contribution in [2.45, 2.75) is 27.7 Å². The first-order chi connectivity index (χ1) is 28.9. The maximum atomic E-state index is 6.87. The largest absolute Gasteiger partial charge is 0.457 e. The van der Waals surface area contributed by atoms with Crippen molar-refractivity contribution in [3.05, 3.63) is 180 Å². The Bertz CT molecular complexity index is 3720. The van der Waals surface area contributed by atoms with Crippen molar-refractivity contribution >= 4 is 76.7 Å². The topological polar surface area (TPSA) is 43.8 Å². The van der Waals surface area contributed by atoms with Gasteiger partial charge in [0.05, 0.1) is 33.1 Å². The number of aryl methyl sites for hydroxylation is 4. The Kier molecular flexibility index (Phi) is 7.12. The third-order valence-electron chi connectivity index (χ3n) is 12.4. The summed E-state index contributed by atoms with van der Waals surface area (Å²) in [6.07, 6.45) is 0. The van der Waals surface area contributed by atoms with Crippen molar-refractivity contribution in [3.63, 3.8) is 0 Å². The molecule has 0 aliphatic rings. The summed E-state index contributed by atoms with van der Waals surface area (Å²) >= 11 is 0. The molecule has 0 saturated heterocycles. The molecule has 0 amide bonds. The molecular formula is C54H38N4O. The van der Waals surface area contributed by atoms with E-state index < -0.39 is 0 Å². The Labute approximate surface area is 340 Å². The lowest BCUT2D eigenvalue weighted by Crippen LogP contribution is -2.00. The average molecular weight is 759 g/mol. The zero-order valence-electron chi connectivity index (χ0n) is 33.2. The minimum absolute atomic E-state index is 0.745. The maximum absolute atomic E-state index is 6.87. The van der Waals surface area contributed by atoms with Gasteiger partial charge in [-0.05, 0) is 150 Å². The lowest BCUT2D eigenvalue weighted by Gasteiger charge is -2.22. The molecule has 4 heterocycles. The SMILES string of the molecule is Cc1cccc(C)c1-c1ccc2c(c1-c1c(C)cccc1C)c1ccc(Oc3ccc4c5ccccc5n5c6ccccc6nc5c4c3)cc1c1nc3ccccc3n21. The van der Waals surface area contributed by atoms with Gasteiger partial charge >= 0.3 is 0 Å². The van der Waals surface area contributed by atoms with Crippen LogP contribution in [0.25, 0.3) is 99.0 Å². The van der Waals surface area contributed by atoms with Crippen molar-refractivity contribution in [3.8, 4) is 33.8 Å². The molecule has 0 unspecified atom stereocenters. The van der Waals surface area contributed by atoms with Gasteiger partial charge in [0, 0.05) is 27.1 Å². The molecule has 5 nitrogen and oxygen atoms in total. The molecule has 0 N–H and O–H groups in total. The Morgan fingerprint density at radius 3 is 1.51 bits per heavy atom. The molecule has 12 aromatic rings. The number of rotatable bonds is 4. The molecule has 0 saturated carbocycles. The van der Waals surface area contributed by atoms with Gasteiger partial charge in [-0.1, -0.05) is 84.9 Å². The first kappa shape index (κ1) is 33.6. The monoisotopic (exact) mass is 758 g/mol. The molecule has 0 aliphatic carbocycles. The first-order valence-electron chi connectivity index (χ1n) is 20.3. The van der Waals surface area contributed by atoms with Crippen molar-refractivity contribution in [1.29, 1.82) is 0 Å². The molecule has 0 atom stereocenters. The highest BCUT2D eigenvalue weighted by molar-refractivity contribution is 6.22. The third kappa shape index (κ3) is 4.85. The fraction of sp³-hybridized carbons (Fsp3) is 0.0741. The Hall–Kier alpha value is -7.50. The lowest BCUT2D eigenvalue weighted by molar-refractivity contribution is 0.484. The van der Waals surface area contributed by atoms with Gasteiger partial charge in [-0.3, -0.25) is 8.80 Å². The molecule has 0 fully saturated rings. The van der Waals surface area contributed by atoms with Gasteiger partial charge in [0.25, 0.3) is 0 Å². The standard InChI is InChI=1S/C54H38N4O/c1-31-13-11-14-32(2)49(31)40-27-28-48-51(52(40)50-33(3)15-12-16-34(50)4)39-26-24-36(30-42(39)54-56-44-19-7-10-22-47(44)58(48)54)59-35-23-25-37-38-17-5-8-20-45(38)57-46-21-9-6-18-43(46)55-53(57)41(37)29-35/h5-30H,1-4H3. The zero-order chi connectivity index (χ0) is 39.5. The third-order valence-corrected chi connectivity index (χ3v) is 12.4. The number of hydrogen-bond acceptors (Lipinski definition) is 3. The number of hydrogen-bond donors (Lipinski definition) is 0. The summed E-state index contributed by atoms with van der Waals surface area (Å²) in [4.78, 5) is 10.5. The van der Waals surface area contributed by atoms with Crippen LogP contribution in [0.15, 0.2) is 158 Å². The van der Waals surface area contributed by atoms with Crippen LogP contribution in [0.4, 0.5) is 0 Å². The van der Waals surface area contributed by atoms with E-state index in [1.54, 1.807) is 0 Å². The van der Waals surface area contributed by atoms with Crippen LogP contribution in [-0.2, 0) is 0 Å². The smallest absolute Gasteiger partial charge is 0.146 e. The van der Waals surface area contributed by atoms with Crippen LogP contribution in [0.3, 0.4) is 0 Å². The van der Waals surface area contributed by atoms with Crippen LogP contribution in [-0.4, -0.2) is 18.8 Å². The van der Waals surface area contributed by atoms with E-state index in [2.05, 4.69) is 188 Å². The van der Waals surface area contributed by atoms with Gasteiger partial charge in [-0.25, -0.2) is 9.97 Å². The van der Waals surface area contributed by atoms with Crippen molar-refractivity contribution in [2.75, 3.05) is 0 Å². The lowest BCUT2D eigenvalue weighted by atomic mass is 9.83. The Morgan fingerprint density at radius 1 is 0.373 bits per heavy atom. The van der Waals surface area contributed by atoms with Crippen LogP contribution in [0.2, 0.25) is 0 Å². The number of aromatic nitrogens is 4. The molecule has 12 rings (SSSR count). The zero-order valence-corrected chi connectivity index (χ0v) is 33.2. The van der Waals surface area contributed by atoms with E-state index in [1.165, 1.54) is 55.3 Å². The number of nitrogens with zero attached hydrogens (tertiary/aromatic N) is 4. The van der Waals surface area contributed by atoms with E-state index >= 15 is 0 Å². The summed E-state index contributed by atoms with van der Waals surface area (Å²) in [5.41, 5.74) is 18.2. The highest BCUT2D eigenvalue weighted by Gasteiger charge is 2.24. The van der Waals surface area contributed by atoms with Gasteiger partial charge in [-0.2, -0.15) is 0 Å². The second-order valence-corrected chi connectivity index (χ2v) is 16.0. The predicted octanol–water partition coefficient (Wildman–Crippen LogP) is 14.3. The van der Waals surface area contributed by atoms with Crippen LogP contribution >= 0.6 is 0 Å². The number of ether oxygens (including phenoxy) is 1. The second kappa shape index (κ2) is 12.5. The van der Waals surface area contributed by atoms with Crippen molar-refractivity contribution in [1.82, 2.24) is 18.8 Å². The van der Waals surface area contributed by atoms with Gasteiger partial charge in [0.1, 0.15) is 22.8 Å². The van der Waals surface area contributed by atoms with E-state index in [0.29, 0.717) is 0 Å². The van der Waals surface area contributed by atoms with Gasteiger partial charge in [0.15, 0.2) is 0 Å². The summed E-state index contributed by atoms with van der Waals surface area (Å²) in [5, 5.41) is 6.73. The second-order valence-electron chi connectivity index (χ2n) is 16.0. The summed E-state index contributed by atoms with van der Waals surface area (Å²) < 4.78 is 11.5. The molecule has 4 aromatic heterocycles. The number of fused-ring (bicyclic) bond motifs is 16. The highest BCUT2D eigenvalue weighted by Crippen LogP contribution is 2.47. The van der Waals surface area contributed by atoms with E-state index in [0.717, 1.165) is 77.4 Å². The number of benzene rings is 8. The number of pyridine rings is 2. The fourth-order valence-corrected chi connectivity index (χ4v) is 9.90. The van der Waals surface area contributed by atoms with E-state index in [-0.39, 0.29) is 0 Å². The van der Waals surface area contributed by atoms with Crippen molar-refractivity contribution in [2.24, 2.45) is 0 Å². The van der Waals surface area contributed by atoms with E-state index in [9.17, 15) is 0 Å². The molecule has 59 heavy (non-hydrogen) atoms. The molecule has 0 radical (unpaired) electrons.